The summed E-state index contributed by atoms with van der Waals surface area (Å²) in [5.41, 5.74) is 6.54. The summed E-state index contributed by atoms with van der Waals surface area (Å²) < 4.78 is 0. The summed E-state index contributed by atoms with van der Waals surface area (Å²) in [6, 6.07) is 15.6. The van der Waals surface area contributed by atoms with Gasteiger partial charge in [-0.2, -0.15) is 0 Å². The number of nitrogens with zero attached hydrogens (tertiary/aromatic N) is 2. The zero-order valence-corrected chi connectivity index (χ0v) is 19.5. The number of H-pyrrole nitrogens is 1. The van der Waals surface area contributed by atoms with E-state index in [9.17, 15) is 9.59 Å². The molecule has 2 atom stereocenters. The van der Waals surface area contributed by atoms with Crippen molar-refractivity contribution in [1.82, 2.24) is 14.8 Å². The van der Waals surface area contributed by atoms with E-state index < -0.39 is 0 Å². The van der Waals surface area contributed by atoms with Crippen molar-refractivity contribution in [3.05, 3.63) is 71.4 Å². The molecular weight excluding hydrogens is 424 g/mol. The van der Waals surface area contributed by atoms with Crippen LogP contribution in [0.3, 0.4) is 0 Å². The molecule has 2 N–H and O–H groups in total. The van der Waals surface area contributed by atoms with Gasteiger partial charge in [-0.3, -0.25) is 4.79 Å². The highest BCUT2D eigenvalue weighted by Gasteiger charge is 2.41. The molecule has 6 nitrogen and oxygen atoms in total. The first-order chi connectivity index (χ1) is 16.6. The third-order valence-corrected chi connectivity index (χ3v) is 7.63. The second-order valence-corrected chi connectivity index (χ2v) is 9.74. The minimum atomic E-state index is -0.331. The standard InChI is InChI=1S/C28H30N4O2/c1-18-22-16-25-23(21-11-8-12-24(29-18)26(21)22)15-19(27(33)31-13-6-3-7-14-31)17-32(25)28(34)30-20-9-4-2-5-10-20/h2,4-5,8-12,15,19,25,29H,3,6-7,13-14,16-17H2,1H3,(H,30,34). The number of likely N-dealkylation sites (tertiary alicyclic amines) is 1. The van der Waals surface area contributed by atoms with Crippen molar-refractivity contribution >= 4 is 34.1 Å². The van der Waals surface area contributed by atoms with E-state index in [1.807, 2.05) is 40.1 Å². The van der Waals surface area contributed by atoms with Crippen LogP contribution < -0.4 is 5.32 Å². The molecule has 3 heterocycles. The molecule has 0 saturated carbocycles. The lowest BCUT2D eigenvalue weighted by Gasteiger charge is -2.42. The van der Waals surface area contributed by atoms with E-state index in [0.29, 0.717) is 6.54 Å². The van der Waals surface area contributed by atoms with Gasteiger partial charge in [0.25, 0.3) is 0 Å². The van der Waals surface area contributed by atoms with Crippen molar-refractivity contribution < 1.29 is 9.59 Å². The molecule has 3 aromatic rings. The molecule has 1 aromatic heterocycles. The van der Waals surface area contributed by atoms with Gasteiger partial charge in [0, 0.05) is 41.9 Å². The number of aryl methyl sites for hydroxylation is 1. The Morgan fingerprint density at radius 3 is 2.59 bits per heavy atom. The zero-order chi connectivity index (χ0) is 23.2. The van der Waals surface area contributed by atoms with Crippen molar-refractivity contribution in [1.29, 1.82) is 0 Å². The Bertz CT molecular complexity index is 1290. The minimum absolute atomic E-state index is 0.0956. The molecule has 34 heavy (non-hydrogen) atoms. The lowest BCUT2D eigenvalue weighted by atomic mass is 9.79. The van der Waals surface area contributed by atoms with Crippen LogP contribution in [0.4, 0.5) is 10.5 Å². The fraction of sp³-hybridized carbons (Fsp3) is 0.357. The van der Waals surface area contributed by atoms with Crippen LogP contribution in [0.15, 0.2) is 54.6 Å². The smallest absolute Gasteiger partial charge is 0.322 e. The second-order valence-electron chi connectivity index (χ2n) is 9.74. The maximum absolute atomic E-state index is 13.6. The Kier molecular flexibility index (Phi) is 5.16. The molecule has 6 rings (SSSR count). The molecule has 1 fully saturated rings. The van der Waals surface area contributed by atoms with Crippen LogP contribution in [-0.2, 0) is 11.2 Å². The molecule has 0 spiro atoms. The summed E-state index contributed by atoms with van der Waals surface area (Å²) in [6.45, 7) is 4.13. The number of nitrogens with one attached hydrogen (secondary N) is 2. The molecule has 1 aliphatic carbocycles. The molecule has 2 unspecified atom stereocenters. The average molecular weight is 455 g/mol. The highest BCUT2D eigenvalue weighted by Crippen LogP contribution is 2.43. The van der Waals surface area contributed by atoms with Gasteiger partial charge in [-0.25, -0.2) is 4.79 Å². The van der Waals surface area contributed by atoms with E-state index in [1.165, 1.54) is 17.4 Å². The number of benzene rings is 2. The average Bonchev–Trinajstić information content (AvgIpc) is 3.20. The van der Waals surface area contributed by atoms with Crippen molar-refractivity contribution in [3.63, 3.8) is 0 Å². The fourth-order valence-corrected chi connectivity index (χ4v) is 5.95. The molecule has 2 aromatic carbocycles. The van der Waals surface area contributed by atoms with Gasteiger partial charge in [-0.15, -0.1) is 0 Å². The third kappa shape index (κ3) is 3.49. The SMILES string of the molecule is Cc1[nH]c2cccc3c2c1CC1C3=CC(C(=O)N2CCCCC2)CN1C(=O)Nc1ccccc1. The van der Waals surface area contributed by atoms with Crippen LogP contribution in [0.2, 0.25) is 0 Å². The number of carbonyl (C=O) groups is 2. The summed E-state index contributed by atoms with van der Waals surface area (Å²) in [6.07, 6.45) is 6.21. The number of hydrogen-bond acceptors (Lipinski definition) is 2. The second kappa shape index (κ2) is 8.35. The minimum Gasteiger partial charge on any atom is -0.358 e. The van der Waals surface area contributed by atoms with E-state index in [1.54, 1.807) is 0 Å². The lowest BCUT2D eigenvalue weighted by Crippen LogP contribution is -2.53. The van der Waals surface area contributed by atoms with Gasteiger partial charge >= 0.3 is 6.03 Å². The zero-order valence-electron chi connectivity index (χ0n) is 19.5. The monoisotopic (exact) mass is 454 g/mol. The predicted molar refractivity (Wildman–Crippen MR) is 135 cm³/mol. The quantitative estimate of drug-likeness (QED) is 0.575. The third-order valence-electron chi connectivity index (χ3n) is 7.63. The molecule has 3 aliphatic rings. The normalized spacial score (nSPS) is 21.7. The molecule has 0 bridgehead atoms. The molecule has 3 amide bonds. The van der Waals surface area contributed by atoms with Crippen molar-refractivity contribution in [2.75, 3.05) is 25.0 Å². The van der Waals surface area contributed by atoms with Crippen molar-refractivity contribution in [3.8, 4) is 0 Å². The van der Waals surface area contributed by atoms with E-state index >= 15 is 0 Å². The van der Waals surface area contributed by atoms with Gasteiger partial charge in [0.2, 0.25) is 5.91 Å². The number of rotatable bonds is 2. The Hall–Kier alpha value is -3.54. The highest BCUT2D eigenvalue weighted by atomic mass is 16.2. The van der Waals surface area contributed by atoms with Crippen molar-refractivity contribution in [2.45, 2.75) is 38.6 Å². The van der Waals surface area contributed by atoms with E-state index in [-0.39, 0.29) is 23.9 Å². The van der Waals surface area contributed by atoms with E-state index in [2.05, 4.69) is 41.5 Å². The molecule has 2 aliphatic heterocycles. The Balaban J connectivity index is 1.41. The fourth-order valence-electron chi connectivity index (χ4n) is 5.95. The number of aromatic nitrogens is 1. The molecule has 174 valence electrons. The van der Waals surface area contributed by atoms with Crippen LogP contribution >= 0.6 is 0 Å². The van der Waals surface area contributed by atoms with Crippen LogP contribution in [0.1, 0.15) is 36.1 Å². The van der Waals surface area contributed by atoms with Crippen molar-refractivity contribution in [2.24, 2.45) is 5.92 Å². The Labute approximate surface area is 199 Å². The van der Waals surface area contributed by atoms with Crippen LogP contribution in [0.5, 0.6) is 0 Å². The number of piperidine rings is 1. The van der Waals surface area contributed by atoms with Gasteiger partial charge in [0.1, 0.15) is 0 Å². The number of para-hydroxylation sites is 1. The van der Waals surface area contributed by atoms with Gasteiger partial charge in [-0.1, -0.05) is 36.4 Å². The summed E-state index contributed by atoms with van der Waals surface area (Å²) in [5, 5.41) is 4.30. The van der Waals surface area contributed by atoms with Crippen LogP contribution in [0.25, 0.3) is 16.5 Å². The maximum Gasteiger partial charge on any atom is 0.322 e. The van der Waals surface area contributed by atoms with Gasteiger partial charge in [-0.05, 0) is 67.5 Å². The maximum atomic E-state index is 13.6. The molecule has 6 heteroatoms. The summed E-state index contributed by atoms with van der Waals surface area (Å²) >= 11 is 0. The molecule has 0 radical (unpaired) electrons. The summed E-state index contributed by atoms with van der Waals surface area (Å²) in [7, 11) is 0. The number of anilines is 1. The largest absolute Gasteiger partial charge is 0.358 e. The first-order valence-corrected chi connectivity index (χ1v) is 12.3. The lowest BCUT2D eigenvalue weighted by molar-refractivity contribution is -0.135. The van der Waals surface area contributed by atoms with Gasteiger partial charge < -0.3 is 20.1 Å². The Morgan fingerprint density at radius 2 is 1.79 bits per heavy atom. The molecular formula is C28H30N4O2. The van der Waals surface area contributed by atoms with Gasteiger partial charge in [0.15, 0.2) is 0 Å². The molecule has 1 saturated heterocycles. The first-order valence-electron chi connectivity index (χ1n) is 12.3. The number of hydrogen-bond donors (Lipinski definition) is 2. The van der Waals surface area contributed by atoms with Crippen LogP contribution in [-0.4, -0.2) is 52.4 Å². The number of fused-ring (bicyclic) bond motifs is 2. The van der Waals surface area contributed by atoms with E-state index in [4.69, 9.17) is 0 Å². The highest BCUT2D eigenvalue weighted by molar-refractivity contribution is 6.02. The van der Waals surface area contributed by atoms with E-state index in [0.717, 1.165) is 60.4 Å². The summed E-state index contributed by atoms with van der Waals surface area (Å²) in [4.78, 5) is 34.6. The Morgan fingerprint density at radius 1 is 1.00 bits per heavy atom. The summed E-state index contributed by atoms with van der Waals surface area (Å²) in [5.74, 6) is -0.186. The number of carbonyl (C=O) groups excluding carboxylic acids is 2. The number of urea groups is 1. The first kappa shape index (κ1) is 21.0. The van der Waals surface area contributed by atoms with Gasteiger partial charge in [0.05, 0.1) is 12.0 Å². The number of aromatic amines is 1. The van der Waals surface area contributed by atoms with Crippen LogP contribution in [0, 0.1) is 12.8 Å². The topological polar surface area (TPSA) is 68.4 Å². The predicted octanol–water partition coefficient (Wildman–Crippen LogP) is 4.96. The number of amides is 3.